The summed E-state index contributed by atoms with van der Waals surface area (Å²) in [7, 11) is 0. The summed E-state index contributed by atoms with van der Waals surface area (Å²) >= 11 is 4.40. The highest BCUT2D eigenvalue weighted by Gasteiger charge is 2.21. The molecule has 4 heteroatoms. The Morgan fingerprint density at radius 3 is 3.17 bits per heavy atom. The molecule has 0 spiro atoms. The van der Waals surface area contributed by atoms with Crippen molar-refractivity contribution in [1.29, 1.82) is 0 Å². The van der Waals surface area contributed by atoms with Crippen LogP contribution in [0.1, 0.15) is 49.6 Å². The van der Waals surface area contributed by atoms with Crippen LogP contribution in [0, 0.1) is 2.88 Å². The minimum Gasteiger partial charge on any atom is -0.379 e. The maximum atomic E-state index is 5.57. The molecule has 1 unspecified atom stereocenters. The van der Waals surface area contributed by atoms with Crippen LogP contribution in [-0.4, -0.2) is 19.3 Å². The summed E-state index contributed by atoms with van der Waals surface area (Å²) in [6.45, 7) is 6.11. The van der Waals surface area contributed by atoms with Gasteiger partial charge < -0.3 is 10.1 Å². The molecule has 1 aromatic rings. The van der Waals surface area contributed by atoms with E-state index < -0.39 is 0 Å². The van der Waals surface area contributed by atoms with Gasteiger partial charge in [-0.2, -0.15) is 0 Å². The zero-order valence-electron chi connectivity index (χ0n) is 11.2. The standard InChI is InChI=1S/C14H22INOS/c1-10(2)17-8-4-7-16-12-5-3-6-13-11(12)9-14(15)18-13/h9-10,12,16H,3-8H2,1-2H3. The van der Waals surface area contributed by atoms with Crippen LogP contribution in [0.2, 0.25) is 0 Å². The zero-order chi connectivity index (χ0) is 13.0. The maximum absolute atomic E-state index is 5.57. The van der Waals surface area contributed by atoms with Crippen LogP contribution in [0.4, 0.5) is 0 Å². The van der Waals surface area contributed by atoms with Gasteiger partial charge in [-0.15, -0.1) is 11.3 Å². The van der Waals surface area contributed by atoms with Crippen LogP contribution in [0.25, 0.3) is 0 Å². The van der Waals surface area contributed by atoms with Crippen LogP contribution in [-0.2, 0) is 11.2 Å². The molecule has 2 rings (SSSR count). The predicted molar refractivity (Wildman–Crippen MR) is 86.4 cm³/mol. The van der Waals surface area contributed by atoms with Gasteiger partial charge in [0.1, 0.15) is 0 Å². The average Bonchev–Trinajstić information content (AvgIpc) is 2.69. The maximum Gasteiger partial charge on any atom is 0.0659 e. The topological polar surface area (TPSA) is 21.3 Å². The van der Waals surface area contributed by atoms with Crippen molar-refractivity contribution < 1.29 is 4.74 Å². The van der Waals surface area contributed by atoms with Gasteiger partial charge in [0.2, 0.25) is 0 Å². The Kier molecular flexibility index (Phi) is 5.92. The van der Waals surface area contributed by atoms with Gasteiger partial charge in [-0.1, -0.05) is 0 Å². The van der Waals surface area contributed by atoms with E-state index in [4.69, 9.17) is 4.74 Å². The lowest BCUT2D eigenvalue weighted by atomic mass is 9.94. The Balaban J connectivity index is 1.77. The third-order valence-corrected chi connectivity index (χ3v) is 5.22. The molecule has 0 amide bonds. The van der Waals surface area contributed by atoms with E-state index >= 15 is 0 Å². The van der Waals surface area contributed by atoms with Crippen molar-refractivity contribution in [2.24, 2.45) is 0 Å². The summed E-state index contributed by atoms with van der Waals surface area (Å²) in [6.07, 6.45) is 5.34. The third kappa shape index (κ3) is 4.18. The largest absolute Gasteiger partial charge is 0.379 e. The van der Waals surface area contributed by atoms with E-state index in [1.54, 1.807) is 10.4 Å². The molecule has 1 atom stereocenters. The lowest BCUT2D eigenvalue weighted by Gasteiger charge is -2.23. The molecule has 1 aliphatic rings. The van der Waals surface area contributed by atoms with Crippen molar-refractivity contribution in [1.82, 2.24) is 5.32 Å². The average molecular weight is 379 g/mol. The first kappa shape index (κ1) is 14.8. The molecule has 0 bridgehead atoms. The molecule has 0 saturated heterocycles. The number of rotatable bonds is 6. The first-order chi connectivity index (χ1) is 8.66. The van der Waals surface area contributed by atoms with Crippen molar-refractivity contribution >= 4 is 33.9 Å². The smallest absolute Gasteiger partial charge is 0.0659 e. The molecule has 1 heterocycles. The molecule has 102 valence electrons. The molecular formula is C14H22INOS. The first-order valence-electron chi connectivity index (χ1n) is 6.80. The Morgan fingerprint density at radius 1 is 1.56 bits per heavy atom. The number of thiophene rings is 1. The third-order valence-electron chi connectivity index (χ3n) is 3.25. The van der Waals surface area contributed by atoms with E-state index in [0.29, 0.717) is 12.1 Å². The quantitative estimate of drug-likeness (QED) is 0.593. The first-order valence-corrected chi connectivity index (χ1v) is 8.69. The molecule has 0 aromatic carbocycles. The molecule has 0 aliphatic heterocycles. The van der Waals surface area contributed by atoms with Crippen LogP contribution in [0.15, 0.2) is 6.07 Å². The lowest BCUT2D eigenvalue weighted by Crippen LogP contribution is -2.26. The van der Waals surface area contributed by atoms with Crippen LogP contribution >= 0.6 is 33.9 Å². The molecular weight excluding hydrogens is 357 g/mol. The van der Waals surface area contributed by atoms with Gasteiger partial charge in [-0.3, -0.25) is 0 Å². The van der Waals surface area contributed by atoms with Gasteiger partial charge in [0.15, 0.2) is 0 Å². The fourth-order valence-corrected chi connectivity index (χ4v) is 4.52. The van der Waals surface area contributed by atoms with Crippen LogP contribution in [0.3, 0.4) is 0 Å². The second-order valence-electron chi connectivity index (χ2n) is 5.10. The molecule has 1 aromatic heterocycles. The number of nitrogens with one attached hydrogen (secondary N) is 1. The van der Waals surface area contributed by atoms with E-state index in [-0.39, 0.29) is 0 Å². The van der Waals surface area contributed by atoms with Gasteiger partial charge >= 0.3 is 0 Å². The van der Waals surface area contributed by atoms with Gasteiger partial charge in [0.05, 0.1) is 8.99 Å². The molecule has 18 heavy (non-hydrogen) atoms. The van der Waals surface area contributed by atoms with E-state index in [9.17, 15) is 0 Å². The molecule has 0 saturated carbocycles. The summed E-state index contributed by atoms with van der Waals surface area (Å²) in [6, 6.07) is 2.94. The summed E-state index contributed by atoms with van der Waals surface area (Å²) < 4.78 is 6.99. The molecule has 2 nitrogen and oxygen atoms in total. The summed E-state index contributed by atoms with van der Waals surface area (Å²) in [4.78, 5) is 1.60. The fraction of sp³-hybridized carbons (Fsp3) is 0.714. The normalized spacial score (nSPS) is 19.2. The highest BCUT2D eigenvalue weighted by atomic mass is 127. The second kappa shape index (κ2) is 7.22. The summed E-state index contributed by atoms with van der Waals surface area (Å²) in [5.41, 5.74) is 1.56. The Hall–Kier alpha value is 0.350. The van der Waals surface area contributed by atoms with Crippen molar-refractivity contribution in [2.45, 2.75) is 51.7 Å². The van der Waals surface area contributed by atoms with Crippen molar-refractivity contribution in [2.75, 3.05) is 13.2 Å². The van der Waals surface area contributed by atoms with E-state index in [1.807, 2.05) is 11.3 Å². The van der Waals surface area contributed by atoms with Gasteiger partial charge in [0, 0.05) is 17.5 Å². The number of hydrogen-bond donors (Lipinski definition) is 1. The number of hydrogen-bond acceptors (Lipinski definition) is 3. The van der Waals surface area contributed by atoms with E-state index in [2.05, 4.69) is 47.8 Å². The molecule has 0 radical (unpaired) electrons. The zero-order valence-corrected chi connectivity index (χ0v) is 14.1. The Morgan fingerprint density at radius 2 is 2.39 bits per heavy atom. The van der Waals surface area contributed by atoms with Gasteiger partial charge in [-0.25, -0.2) is 0 Å². The lowest BCUT2D eigenvalue weighted by molar-refractivity contribution is 0.0766. The summed E-state index contributed by atoms with van der Waals surface area (Å²) in [5, 5.41) is 3.69. The number of ether oxygens (including phenoxy) is 1. The van der Waals surface area contributed by atoms with Crippen molar-refractivity contribution in [3.63, 3.8) is 0 Å². The highest BCUT2D eigenvalue weighted by Crippen LogP contribution is 2.36. The Bertz CT molecular complexity index is 378. The SMILES string of the molecule is CC(C)OCCCNC1CCCc2sc(I)cc21. The minimum absolute atomic E-state index is 0.352. The second-order valence-corrected chi connectivity index (χ2v) is 8.13. The number of fused-ring (bicyclic) bond motifs is 1. The van der Waals surface area contributed by atoms with E-state index in [1.165, 1.54) is 22.1 Å². The molecule has 1 N–H and O–H groups in total. The number of halogens is 1. The van der Waals surface area contributed by atoms with Crippen molar-refractivity contribution in [3.05, 3.63) is 19.4 Å². The van der Waals surface area contributed by atoms with Crippen LogP contribution in [0.5, 0.6) is 0 Å². The fourth-order valence-electron chi connectivity index (χ4n) is 2.40. The Labute approximate surface area is 128 Å². The van der Waals surface area contributed by atoms with E-state index in [0.717, 1.165) is 19.6 Å². The number of aryl methyl sites for hydroxylation is 1. The summed E-state index contributed by atoms with van der Waals surface area (Å²) in [5.74, 6) is 0. The van der Waals surface area contributed by atoms with Crippen molar-refractivity contribution in [3.8, 4) is 0 Å². The molecule has 0 fully saturated rings. The van der Waals surface area contributed by atoms with Crippen LogP contribution < -0.4 is 5.32 Å². The highest BCUT2D eigenvalue weighted by molar-refractivity contribution is 14.1. The predicted octanol–water partition coefficient (Wildman–Crippen LogP) is 4.13. The minimum atomic E-state index is 0.352. The molecule has 1 aliphatic carbocycles. The van der Waals surface area contributed by atoms with Gasteiger partial charge in [-0.05, 0) is 80.3 Å². The monoisotopic (exact) mass is 379 g/mol. The van der Waals surface area contributed by atoms with Gasteiger partial charge in [0.25, 0.3) is 0 Å².